The minimum atomic E-state index is -2.65. The molecule has 0 unspecified atom stereocenters. The Balaban J connectivity index is 1.75. The molecule has 11 nitrogen and oxygen atoms in total. The third kappa shape index (κ3) is 3.61. The number of nitrogens with two attached hydrogens (primary N) is 1. The van der Waals surface area contributed by atoms with Gasteiger partial charge < -0.3 is 36.2 Å². The summed E-state index contributed by atoms with van der Waals surface area (Å²) in [6, 6.07) is 7.52. The van der Waals surface area contributed by atoms with Gasteiger partial charge in [-0.25, -0.2) is 4.79 Å². The van der Waals surface area contributed by atoms with Crippen LogP contribution < -0.4 is 10.6 Å². The number of carboxylic acids is 1. The third-order valence-corrected chi connectivity index (χ3v) is 7.94. The van der Waals surface area contributed by atoms with Crippen LogP contribution in [0.3, 0.4) is 0 Å². The maximum absolute atomic E-state index is 13.7. The van der Waals surface area contributed by atoms with Crippen LogP contribution in [0.25, 0.3) is 16.9 Å². The second-order valence-corrected chi connectivity index (χ2v) is 10.3. The average molecular weight is 535 g/mol. The topological polar surface area (TPSA) is 199 Å². The molecular formula is C28H26N2O9. The zero-order valence-electron chi connectivity index (χ0n) is 21.1. The van der Waals surface area contributed by atoms with E-state index >= 15 is 0 Å². The molecule has 2 aromatic rings. The van der Waals surface area contributed by atoms with Crippen LogP contribution in [-0.2, 0) is 20.8 Å². The first-order chi connectivity index (χ1) is 18.3. The summed E-state index contributed by atoms with van der Waals surface area (Å²) < 4.78 is 0. The van der Waals surface area contributed by atoms with Crippen molar-refractivity contribution in [1.82, 2.24) is 0 Å². The number of amides is 1. The van der Waals surface area contributed by atoms with Gasteiger partial charge in [0.15, 0.2) is 11.4 Å². The van der Waals surface area contributed by atoms with Gasteiger partial charge in [-0.1, -0.05) is 12.1 Å². The Labute approximate surface area is 222 Å². The highest BCUT2D eigenvalue weighted by Gasteiger charge is 2.60. The van der Waals surface area contributed by atoms with Crippen LogP contribution in [0.1, 0.15) is 34.3 Å². The normalized spacial score (nSPS) is 24.2. The van der Waals surface area contributed by atoms with E-state index in [1.165, 1.54) is 18.2 Å². The predicted octanol–water partition coefficient (Wildman–Crippen LogP) is 1.86. The molecule has 1 amide bonds. The molecule has 3 aliphatic rings. The molecule has 3 atom stereocenters. The number of primary amides is 1. The van der Waals surface area contributed by atoms with Gasteiger partial charge in [0.1, 0.15) is 22.8 Å². The number of aliphatic hydroxyl groups is 3. The Morgan fingerprint density at radius 3 is 2.38 bits per heavy atom. The molecule has 1 saturated carbocycles. The van der Waals surface area contributed by atoms with E-state index < -0.39 is 70.1 Å². The lowest BCUT2D eigenvalue weighted by atomic mass is 9.59. The van der Waals surface area contributed by atoms with Gasteiger partial charge in [0, 0.05) is 43.3 Å². The van der Waals surface area contributed by atoms with Gasteiger partial charge in [0.2, 0.25) is 5.78 Å². The zero-order valence-corrected chi connectivity index (χ0v) is 21.1. The van der Waals surface area contributed by atoms with Gasteiger partial charge >= 0.3 is 5.97 Å². The maximum atomic E-state index is 13.7. The number of fused-ring (bicyclic) bond motifs is 3. The number of nitrogens with zero attached hydrogens (tertiary/aromatic N) is 1. The average Bonchev–Trinajstić information content (AvgIpc) is 2.86. The third-order valence-electron chi connectivity index (χ3n) is 7.94. The monoisotopic (exact) mass is 534 g/mol. The molecule has 0 heterocycles. The van der Waals surface area contributed by atoms with Crippen LogP contribution in [0, 0.1) is 11.8 Å². The number of phenolic OH excluding ortho intramolecular Hbond substituents is 1. The molecule has 0 bridgehead atoms. The maximum Gasteiger partial charge on any atom is 0.335 e. The molecule has 39 heavy (non-hydrogen) atoms. The number of Topliss-reactive ketones (excluding diaryl/α,β-unsaturated/α-hetero) is 2. The number of aliphatic hydroxyl groups excluding tert-OH is 2. The van der Waals surface area contributed by atoms with Crippen LogP contribution in [0.5, 0.6) is 5.75 Å². The number of phenols is 1. The van der Waals surface area contributed by atoms with Crippen molar-refractivity contribution in [1.29, 1.82) is 0 Å². The minimum absolute atomic E-state index is 0.0197. The number of carbonyl (C=O) groups is 4. The van der Waals surface area contributed by atoms with Crippen molar-refractivity contribution in [3.63, 3.8) is 0 Å². The molecule has 11 heteroatoms. The Morgan fingerprint density at radius 2 is 1.77 bits per heavy atom. The van der Waals surface area contributed by atoms with Gasteiger partial charge in [-0.2, -0.15) is 0 Å². The van der Waals surface area contributed by atoms with E-state index in [1.54, 1.807) is 31.1 Å². The van der Waals surface area contributed by atoms with Crippen molar-refractivity contribution in [2.75, 3.05) is 19.0 Å². The summed E-state index contributed by atoms with van der Waals surface area (Å²) in [6.45, 7) is 0. The summed E-state index contributed by atoms with van der Waals surface area (Å²) in [7, 11) is 3.50. The van der Waals surface area contributed by atoms with Crippen molar-refractivity contribution in [2.24, 2.45) is 17.6 Å². The van der Waals surface area contributed by atoms with Gasteiger partial charge in [0.25, 0.3) is 5.91 Å². The standard InChI is InChI=1S/C28H26N2O9/c1-30(2)17-10-15(11-4-3-5-12(6-11)27(37)38)22(32)20-16(17)8-13-7-14-9-18(31)21(26(29)36)25(35)28(14,39)24(34)19(13)23(20)33/h3-6,10,13-14,32-33,35,39H,7-9H2,1-2H3,(H2,29,36)(H,37,38)/t13-,14+,28+/m1/s1. The highest BCUT2D eigenvalue weighted by molar-refractivity contribution is 6.22. The van der Waals surface area contributed by atoms with Gasteiger partial charge in [-0.15, -0.1) is 0 Å². The summed E-state index contributed by atoms with van der Waals surface area (Å²) in [4.78, 5) is 51.4. The second-order valence-electron chi connectivity index (χ2n) is 10.3. The number of ketones is 2. The summed E-state index contributed by atoms with van der Waals surface area (Å²) in [6.07, 6.45) is -0.212. The number of carbonyl (C=O) groups excluding carboxylic acids is 3. The van der Waals surface area contributed by atoms with Crippen LogP contribution in [-0.4, -0.2) is 68.7 Å². The quantitative estimate of drug-likeness (QED) is 0.315. The fourth-order valence-corrected chi connectivity index (χ4v) is 6.11. The molecule has 5 rings (SSSR count). The van der Waals surface area contributed by atoms with Crippen molar-refractivity contribution in [3.05, 3.63) is 63.9 Å². The number of rotatable bonds is 4. The number of benzene rings is 2. The fourth-order valence-electron chi connectivity index (χ4n) is 6.11. The van der Waals surface area contributed by atoms with E-state index in [0.29, 0.717) is 16.8 Å². The van der Waals surface area contributed by atoms with E-state index in [-0.39, 0.29) is 35.1 Å². The Hall–Kier alpha value is -4.64. The molecule has 1 fully saturated rings. The van der Waals surface area contributed by atoms with Crippen molar-refractivity contribution < 1.29 is 44.7 Å². The molecule has 0 saturated heterocycles. The number of hydrogen-bond acceptors (Lipinski definition) is 9. The zero-order chi connectivity index (χ0) is 28.5. The molecular weight excluding hydrogens is 508 g/mol. The van der Waals surface area contributed by atoms with Crippen molar-refractivity contribution in [3.8, 4) is 16.9 Å². The van der Waals surface area contributed by atoms with E-state index in [1.807, 2.05) is 0 Å². The van der Waals surface area contributed by atoms with E-state index in [2.05, 4.69) is 0 Å². The number of aromatic carboxylic acids is 1. The van der Waals surface area contributed by atoms with Crippen LogP contribution in [0.2, 0.25) is 0 Å². The number of carboxylic acid groups (broad SMARTS) is 1. The smallest absolute Gasteiger partial charge is 0.335 e. The van der Waals surface area contributed by atoms with E-state index in [0.717, 1.165) is 0 Å². The lowest BCUT2D eigenvalue weighted by Gasteiger charge is -2.46. The SMILES string of the molecule is CN(C)c1cc(-c2cccc(C(=O)O)c2)c(O)c2c1C[C@H]1C[C@H]3CC(=O)C(C(N)=O)=C(O)[C@@]3(O)C(=O)C1=C2O. The van der Waals surface area contributed by atoms with Gasteiger partial charge in [-0.05, 0) is 48.1 Å². The lowest BCUT2D eigenvalue weighted by molar-refractivity contribution is -0.147. The first-order valence-electron chi connectivity index (χ1n) is 12.2. The molecule has 0 aliphatic heterocycles. The highest BCUT2D eigenvalue weighted by atomic mass is 16.4. The predicted molar refractivity (Wildman–Crippen MR) is 138 cm³/mol. The molecule has 3 aliphatic carbocycles. The molecule has 0 aromatic heterocycles. The Morgan fingerprint density at radius 1 is 1.08 bits per heavy atom. The van der Waals surface area contributed by atoms with Crippen LogP contribution in [0.4, 0.5) is 5.69 Å². The summed E-state index contributed by atoms with van der Waals surface area (Å²) in [5.41, 5.74) is 3.05. The summed E-state index contributed by atoms with van der Waals surface area (Å²) in [5, 5.41) is 54.4. The number of anilines is 1. The number of hydrogen-bond donors (Lipinski definition) is 6. The van der Waals surface area contributed by atoms with Gasteiger partial charge in [0.05, 0.1) is 11.1 Å². The Kier molecular flexibility index (Phi) is 5.80. The summed E-state index contributed by atoms with van der Waals surface area (Å²) >= 11 is 0. The van der Waals surface area contributed by atoms with E-state index in [4.69, 9.17) is 5.73 Å². The molecule has 0 radical (unpaired) electrons. The molecule has 0 spiro atoms. The van der Waals surface area contributed by atoms with Crippen LogP contribution >= 0.6 is 0 Å². The lowest BCUT2D eigenvalue weighted by Crippen LogP contribution is -2.58. The number of aromatic hydroxyl groups is 1. The minimum Gasteiger partial charge on any atom is -0.508 e. The Bertz CT molecular complexity index is 1570. The first kappa shape index (κ1) is 26.0. The highest BCUT2D eigenvalue weighted by Crippen LogP contribution is 2.54. The largest absolute Gasteiger partial charge is 0.508 e. The molecule has 7 N–H and O–H groups in total. The van der Waals surface area contributed by atoms with Crippen LogP contribution in [0.15, 0.2) is 47.2 Å². The van der Waals surface area contributed by atoms with Crippen molar-refractivity contribution in [2.45, 2.75) is 24.9 Å². The second kappa shape index (κ2) is 8.70. The van der Waals surface area contributed by atoms with Crippen molar-refractivity contribution >= 4 is 34.9 Å². The molecule has 202 valence electrons. The summed E-state index contributed by atoms with van der Waals surface area (Å²) in [5.74, 6) is -8.19. The van der Waals surface area contributed by atoms with E-state index in [9.17, 15) is 44.7 Å². The molecule has 2 aromatic carbocycles. The van der Waals surface area contributed by atoms with Gasteiger partial charge in [-0.3, -0.25) is 14.4 Å². The first-order valence-corrected chi connectivity index (χ1v) is 12.2. The fraction of sp³-hybridized carbons (Fsp3) is 0.286.